The molecule has 2 aliphatic rings. The molecule has 6 aromatic rings. The van der Waals surface area contributed by atoms with Crippen molar-refractivity contribution in [2.75, 3.05) is 27.2 Å². The molecule has 0 aliphatic heterocycles. The number of hydrogen-bond donors (Lipinski definition) is 2. The quantitative estimate of drug-likeness (QED) is 0.142. The third-order valence-electron chi connectivity index (χ3n) is 11.8. The van der Waals surface area contributed by atoms with Crippen molar-refractivity contribution in [3.8, 4) is 33.8 Å². The van der Waals surface area contributed by atoms with Crippen LogP contribution in [0, 0.1) is 13.8 Å². The Kier molecular flexibility index (Phi) is 11.7. The van der Waals surface area contributed by atoms with Crippen molar-refractivity contribution in [2.45, 2.75) is 51.6 Å². The average molecular weight is 893 g/mol. The minimum atomic E-state index is -0.500. The van der Waals surface area contributed by atoms with Crippen molar-refractivity contribution in [3.63, 3.8) is 0 Å². The molecule has 4 nitrogen and oxygen atoms in total. The Balaban J connectivity index is 0.00000150. The van der Waals surface area contributed by atoms with Crippen LogP contribution < -0.4 is 0 Å². The third kappa shape index (κ3) is 7.09. The first kappa shape index (κ1) is 39.7. The summed E-state index contributed by atoms with van der Waals surface area (Å²) in [5.74, 6) is 0.686. The molecular weight excluding hydrogens is 844 g/mol. The maximum atomic E-state index is 12.3. The number of nitrogens with zero attached hydrogens (tertiary/aromatic N) is 2. The van der Waals surface area contributed by atoms with Crippen molar-refractivity contribution in [3.05, 3.63) is 177 Å². The summed E-state index contributed by atoms with van der Waals surface area (Å²) in [6.07, 6.45) is 0. The van der Waals surface area contributed by atoms with Gasteiger partial charge in [0.25, 0.3) is 0 Å². The topological polar surface area (TPSA) is 46.9 Å². The predicted octanol–water partition coefficient (Wildman–Crippen LogP) is 11.6. The number of hydrogen-bond acceptors (Lipinski definition) is 4. The van der Waals surface area contributed by atoms with Gasteiger partial charge in [0, 0.05) is 59.3 Å². The Morgan fingerprint density at radius 3 is 1.13 bits per heavy atom. The zero-order valence-corrected chi connectivity index (χ0v) is 37.2. The van der Waals surface area contributed by atoms with E-state index in [1.165, 1.54) is 44.5 Å². The van der Waals surface area contributed by atoms with Crippen LogP contribution in [-0.2, 0) is 38.9 Å². The molecule has 0 unspecified atom stereocenters. The van der Waals surface area contributed by atoms with E-state index in [-0.39, 0.29) is 15.0 Å². The number of phenolic OH excluding ortho intramolecular Hbond substituents is 2. The molecule has 0 heterocycles. The van der Waals surface area contributed by atoms with E-state index >= 15 is 0 Å². The molecular formula is C48H48Br2N2O2Ti. The van der Waals surface area contributed by atoms with Crippen LogP contribution in [0.3, 0.4) is 0 Å². The molecule has 55 heavy (non-hydrogen) atoms. The Labute approximate surface area is 348 Å². The number of aromatic hydroxyl groups is 2. The van der Waals surface area contributed by atoms with E-state index in [1.54, 1.807) is 0 Å². The summed E-state index contributed by atoms with van der Waals surface area (Å²) in [5, 5.41) is 24.6. The number of aryl methyl sites for hydroxylation is 2. The van der Waals surface area contributed by atoms with Gasteiger partial charge in [-0.2, -0.15) is 0 Å². The Morgan fingerprint density at radius 1 is 0.509 bits per heavy atom. The fourth-order valence-electron chi connectivity index (χ4n) is 9.23. The van der Waals surface area contributed by atoms with E-state index in [0.717, 1.165) is 46.5 Å². The minimum absolute atomic E-state index is 0.125. The van der Waals surface area contributed by atoms with Gasteiger partial charge in [0.2, 0.25) is 0 Å². The Hall–Kier alpha value is -3.49. The van der Waals surface area contributed by atoms with Gasteiger partial charge in [0.05, 0.1) is 0 Å². The third-order valence-corrected chi connectivity index (χ3v) is 11.8. The Bertz CT molecular complexity index is 2120. The number of phenols is 2. The summed E-state index contributed by atoms with van der Waals surface area (Å²) in [5.41, 5.74) is 14.7. The van der Waals surface area contributed by atoms with E-state index in [0.29, 0.717) is 24.6 Å². The van der Waals surface area contributed by atoms with E-state index in [2.05, 4.69) is 199 Å². The van der Waals surface area contributed by atoms with Gasteiger partial charge in [-0.1, -0.05) is 132 Å². The molecule has 0 spiro atoms. The fraction of sp³-hybridized carbons (Fsp3) is 0.250. The van der Waals surface area contributed by atoms with Gasteiger partial charge in [-0.05, 0) is 86.3 Å². The molecule has 280 valence electrons. The molecule has 0 radical (unpaired) electrons. The summed E-state index contributed by atoms with van der Waals surface area (Å²) in [7, 11) is 4.18. The van der Waals surface area contributed by atoms with Gasteiger partial charge in [0.1, 0.15) is 11.5 Å². The van der Waals surface area contributed by atoms with Crippen molar-refractivity contribution < 1.29 is 25.2 Å². The molecule has 0 bridgehead atoms. The van der Waals surface area contributed by atoms with Gasteiger partial charge in [-0.3, -0.25) is 4.90 Å². The van der Waals surface area contributed by atoms with Crippen LogP contribution in [0.4, 0.5) is 0 Å². The van der Waals surface area contributed by atoms with Gasteiger partial charge in [0.15, 0.2) is 0 Å². The molecule has 0 fully saturated rings. The second kappa shape index (κ2) is 16.2. The summed E-state index contributed by atoms with van der Waals surface area (Å²) in [4.78, 5) is 4.56. The summed E-state index contributed by atoms with van der Waals surface area (Å²) >= 11 is 6.50. The van der Waals surface area contributed by atoms with Crippen molar-refractivity contribution in [2.24, 2.45) is 0 Å². The number of fused-ring (bicyclic) bond motifs is 6. The van der Waals surface area contributed by atoms with Gasteiger partial charge in [-0.15, -0.1) is 0 Å². The first-order chi connectivity index (χ1) is 26.4. The van der Waals surface area contributed by atoms with Crippen LogP contribution in [0.1, 0.15) is 69.5 Å². The van der Waals surface area contributed by atoms with E-state index < -0.39 is 10.8 Å². The molecule has 8 rings (SSSR count). The van der Waals surface area contributed by atoms with Crippen LogP contribution in [-0.4, -0.2) is 47.2 Å². The van der Waals surface area contributed by atoms with E-state index in [4.69, 9.17) is 0 Å². The number of benzene rings is 6. The maximum absolute atomic E-state index is 12.3. The second-order valence-electron chi connectivity index (χ2n) is 15.7. The second-order valence-corrected chi connectivity index (χ2v) is 23.5. The first-order valence-corrected chi connectivity index (χ1v) is 26.5. The summed E-state index contributed by atoms with van der Waals surface area (Å²) in [6, 6.07) is 43.0. The van der Waals surface area contributed by atoms with Crippen LogP contribution in [0.5, 0.6) is 11.5 Å². The zero-order valence-electron chi connectivity index (χ0n) is 32.4. The van der Waals surface area contributed by atoms with Gasteiger partial charge >= 0.3 is 41.3 Å². The average Bonchev–Trinajstić information content (AvgIpc) is 3.60. The fourth-order valence-corrected chi connectivity index (χ4v) is 9.23. The summed E-state index contributed by atoms with van der Waals surface area (Å²) in [6.45, 7) is 11.5. The van der Waals surface area contributed by atoms with Crippen molar-refractivity contribution in [1.82, 2.24) is 9.80 Å². The standard InChI is InChI=1S/C48H48N2O2.2BrH.Ti/c1-31-25-33(45(51)43(27-31)47(3)39-19-11-7-15-35(39)36-16-8-12-20-40(36)47)29-50(24-23-49(5)6)30-34-26-32(2)28-44(46(34)52)48(4)41-21-13-9-17-37(41)38-18-10-14-22-42(38)48;;;/h7-22,25-28,51-52H,23-24,29-30H2,1-6H3;2*1H;/q;;;+2/p-2. The first-order valence-electron chi connectivity index (χ1n) is 18.8. The van der Waals surface area contributed by atoms with Crippen LogP contribution >= 0.6 is 26.3 Å². The number of likely N-dealkylation sites (N-methyl/N-ethyl adjacent to an activating group) is 1. The predicted molar refractivity (Wildman–Crippen MR) is 231 cm³/mol. The molecule has 2 N–H and O–H groups in total. The number of halogens is 2. The molecule has 6 aromatic carbocycles. The van der Waals surface area contributed by atoms with Gasteiger partial charge in [-0.25, -0.2) is 0 Å². The molecule has 0 amide bonds. The molecule has 0 aromatic heterocycles. The van der Waals surface area contributed by atoms with Crippen LogP contribution in [0.15, 0.2) is 121 Å². The zero-order chi connectivity index (χ0) is 39.1. The normalized spacial score (nSPS) is 14.1. The number of rotatable bonds is 9. The molecule has 2 aliphatic carbocycles. The Morgan fingerprint density at radius 2 is 0.818 bits per heavy atom. The van der Waals surface area contributed by atoms with Gasteiger partial charge < -0.3 is 15.1 Å². The monoisotopic (exact) mass is 890 g/mol. The molecule has 7 heteroatoms. The summed E-state index contributed by atoms with van der Waals surface area (Å²) < 4.78 is 0. The van der Waals surface area contributed by atoms with Crippen molar-refractivity contribution >= 4 is 26.3 Å². The van der Waals surface area contributed by atoms with Crippen LogP contribution in [0.2, 0.25) is 0 Å². The van der Waals surface area contributed by atoms with E-state index in [9.17, 15) is 10.2 Å². The van der Waals surface area contributed by atoms with Crippen molar-refractivity contribution in [1.29, 1.82) is 0 Å². The molecule has 0 saturated carbocycles. The molecule has 0 atom stereocenters. The SMILES string of the molecule is Cc1cc(CN(CCN(C)C)Cc2cc(C)cc(C3(C)c4ccccc4-c4ccccc43)c2O)c(O)c(C2(C)c3ccccc3-c3ccccc32)c1.[Br][Ti][Br]. The van der Waals surface area contributed by atoms with Crippen LogP contribution in [0.25, 0.3) is 22.3 Å². The van der Waals surface area contributed by atoms with E-state index in [1.807, 2.05) is 0 Å². The molecule has 0 saturated heterocycles.